The van der Waals surface area contributed by atoms with E-state index in [2.05, 4.69) is 0 Å². The van der Waals surface area contributed by atoms with E-state index in [4.69, 9.17) is 0 Å². The van der Waals surface area contributed by atoms with Gasteiger partial charge in [-0.2, -0.15) is 0 Å². The molecular weight excluding hydrogens is 129 g/mol. The van der Waals surface area contributed by atoms with Gasteiger partial charge in [0, 0.05) is 0 Å². The number of halogens is 1. The molecule has 1 rings (SSSR count). The highest BCUT2D eigenvalue weighted by Gasteiger charge is 1.93. The highest BCUT2D eigenvalue weighted by Crippen LogP contribution is 2.13. The van der Waals surface area contributed by atoms with E-state index in [0.717, 1.165) is 5.56 Å². The van der Waals surface area contributed by atoms with Crippen LogP contribution in [0.4, 0.5) is 10.2 Å². The Morgan fingerprint density at radius 1 is 1.20 bits per heavy atom. The average molecular weight is 139 g/mol. The lowest BCUT2D eigenvalue weighted by Gasteiger charge is -2.00. The minimum atomic E-state index is 0.517. The first-order chi connectivity index (χ1) is 4.74. The van der Waals surface area contributed by atoms with Crippen LogP contribution >= 0.6 is 0 Å². The quantitative estimate of drug-likeness (QED) is 0.590. The highest BCUT2D eigenvalue weighted by molar-refractivity contribution is 5.46. The third-order valence-corrected chi connectivity index (χ3v) is 1.62. The summed E-state index contributed by atoms with van der Waals surface area (Å²) in [4.78, 5) is 0. The van der Waals surface area contributed by atoms with Crippen LogP contribution in [-0.4, -0.2) is 0 Å². The van der Waals surface area contributed by atoms with Crippen molar-refractivity contribution in [2.75, 3.05) is 5.54 Å². The number of hydrogen-bond acceptors (Lipinski definition) is 1. The summed E-state index contributed by atoms with van der Waals surface area (Å²) in [5.74, 6) is 0. The van der Waals surface area contributed by atoms with Crippen LogP contribution in [0.15, 0.2) is 18.2 Å². The van der Waals surface area contributed by atoms with E-state index in [0.29, 0.717) is 5.69 Å². The van der Waals surface area contributed by atoms with Crippen LogP contribution in [0.1, 0.15) is 11.1 Å². The van der Waals surface area contributed by atoms with Crippen molar-refractivity contribution in [3.63, 3.8) is 0 Å². The van der Waals surface area contributed by atoms with Crippen molar-refractivity contribution in [2.45, 2.75) is 13.8 Å². The molecule has 54 valence electrons. The van der Waals surface area contributed by atoms with Crippen molar-refractivity contribution in [2.24, 2.45) is 0 Å². The standard InChI is InChI=1S/C8H10FN/c1-6-3-4-8(10-9)5-7(6)2/h3-5,10H,1-2H3. The van der Waals surface area contributed by atoms with Gasteiger partial charge in [-0.25, -0.2) is 5.54 Å². The fourth-order valence-corrected chi connectivity index (χ4v) is 0.800. The van der Waals surface area contributed by atoms with E-state index in [1.54, 1.807) is 17.7 Å². The van der Waals surface area contributed by atoms with Crippen molar-refractivity contribution in [1.29, 1.82) is 0 Å². The molecule has 0 bridgehead atoms. The van der Waals surface area contributed by atoms with Gasteiger partial charge in [0.2, 0.25) is 0 Å². The van der Waals surface area contributed by atoms with Gasteiger partial charge in [-0.05, 0) is 37.1 Å². The minimum absolute atomic E-state index is 0.517. The fourth-order valence-electron chi connectivity index (χ4n) is 0.800. The van der Waals surface area contributed by atoms with Crippen molar-refractivity contribution >= 4 is 5.69 Å². The summed E-state index contributed by atoms with van der Waals surface area (Å²) in [7, 11) is 0. The summed E-state index contributed by atoms with van der Waals surface area (Å²) in [6.07, 6.45) is 0. The summed E-state index contributed by atoms with van der Waals surface area (Å²) in [6.45, 7) is 3.95. The molecule has 1 nitrogen and oxygen atoms in total. The van der Waals surface area contributed by atoms with Crippen LogP contribution in [0.25, 0.3) is 0 Å². The maximum absolute atomic E-state index is 11.8. The summed E-state index contributed by atoms with van der Waals surface area (Å²) in [5.41, 5.74) is 4.39. The number of anilines is 1. The van der Waals surface area contributed by atoms with Crippen molar-refractivity contribution in [3.05, 3.63) is 29.3 Å². The van der Waals surface area contributed by atoms with E-state index in [-0.39, 0.29) is 0 Å². The first-order valence-corrected chi connectivity index (χ1v) is 3.18. The molecular formula is C8H10FN. The molecule has 10 heavy (non-hydrogen) atoms. The van der Waals surface area contributed by atoms with Crippen LogP contribution in [0.2, 0.25) is 0 Å². The topological polar surface area (TPSA) is 12.0 Å². The molecule has 0 amide bonds. The molecule has 0 unspecified atom stereocenters. The van der Waals surface area contributed by atoms with Crippen molar-refractivity contribution in [1.82, 2.24) is 0 Å². The van der Waals surface area contributed by atoms with Crippen LogP contribution < -0.4 is 5.54 Å². The van der Waals surface area contributed by atoms with Crippen LogP contribution in [-0.2, 0) is 0 Å². The third kappa shape index (κ3) is 1.26. The molecule has 1 N–H and O–H groups in total. The zero-order valence-electron chi connectivity index (χ0n) is 6.11. The second-order valence-electron chi connectivity index (χ2n) is 2.39. The predicted octanol–water partition coefficient (Wildman–Crippen LogP) is 2.60. The van der Waals surface area contributed by atoms with Gasteiger partial charge in [0.25, 0.3) is 0 Å². The number of nitrogens with one attached hydrogen (secondary N) is 1. The lowest BCUT2D eigenvalue weighted by atomic mass is 10.1. The molecule has 0 heterocycles. The van der Waals surface area contributed by atoms with Gasteiger partial charge in [0.1, 0.15) is 0 Å². The molecule has 0 radical (unpaired) electrons. The number of aryl methyl sites for hydroxylation is 2. The third-order valence-electron chi connectivity index (χ3n) is 1.62. The second kappa shape index (κ2) is 2.69. The molecule has 0 spiro atoms. The van der Waals surface area contributed by atoms with E-state index in [1.165, 1.54) is 5.56 Å². The van der Waals surface area contributed by atoms with Gasteiger partial charge >= 0.3 is 0 Å². The molecule has 1 aromatic rings. The number of rotatable bonds is 1. The number of benzene rings is 1. The van der Waals surface area contributed by atoms with E-state index < -0.39 is 0 Å². The smallest absolute Gasteiger partial charge is 0.0658 e. The van der Waals surface area contributed by atoms with Gasteiger partial charge in [0.15, 0.2) is 0 Å². The van der Waals surface area contributed by atoms with Gasteiger partial charge in [-0.1, -0.05) is 6.07 Å². The Morgan fingerprint density at radius 3 is 2.40 bits per heavy atom. The van der Waals surface area contributed by atoms with Crippen LogP contribution in [0.3, 0.4) is 0 Å². The monoisotopic (exact) mass is 139 g/mol. The lowest BCUT2D eigenvalue weighted by molar-refractivity contribution is 0.617. The molecule has 0 aliphatic rings. The summed E-state index contributed by atoms with van der Waals surface area (Å²) < 4.78 is 11.8. The van der Waals surface area contributed by atoms with E-state index in [1.807, 2.05) is 19.9 Å². The van der Waals surface area contributed by atoms with Crippen molar-refractivity contribution in [3.8, 4) is 0 Å². The Kier molecular flexibility index (Phi) is 1.90. The zero-order chi connectivity index (χ0) is 7.56. The largest absolute Gasteiger partial charge is 0.225 e. The normalized spacial score (nSPS) is 9.50. The predicted molar refractivity (Wildman–Crippen MR) is 40.6 cm³/mol. The highest BCUT2D eigenvalue weighted by atomic mass is 19.2. The minimum Gasteiger partial charge on any atom is -0.225 e. The molecule has 0 saturated carbocycles. The summed E-state index contributed by atoms with van der Waals surface area (Å²) in [6, 6.07) is 5.37. The Labute approximate surface area is 59.8 Å². The first kappa shape index (κ1) is 7.06. The van der Waals surface area contributed by atoms with Gasteiger partial charge in [0.05, 0.1) is 5.69 Å². The Morgan fingerprint density at radius 2 is 1.90 bits per heavy atom. The maximum atomic E-state index is 11.8. The van der Waals surface area contributed by atoms with Gasteiger partial charge < -0.3 is 0 Å². The van der Waals surface area contributed by atoms with Gasteiger partial charge in [-0.15, -0.1) is 4.48 Å². The van der Waals surface area contributed by atoms with Crippen molar-refractivity contribution < 1.29 is 4.48 Å². The Balaban J connectivity index is 3.04. The Bertz CT molecular complexity index is 233. The van der Waals surface area contributed by atoms with Crippen LogP contribution in [0, 0.1) is 13.8 Å². The summed E-state index contributed by atoms with van der Waals surface area (Å²) >= 11 is 0. The summed E-state index contributed by atoms with van der Waals surface area (Å²) in [5, 5.41) is 0. The SMILES string of the molecule is Cc1ccc(NF)cc1C. The van der Waals surface area contributed by atoms with E-state index in [9.17, 15) is 4.48 Å². The average Bonchev–Trinajstić information content (AvgIpc) is 1.95. The molecule has 0 fully saturated rings. The first-order valence-electron chi connectivity index (χ1n) is 3.18. The molecule has 2 heteroatoms. The number of hydrogen-bond donors (Lipinski definition) is 1. The Hall–Kier alpha value is -1.05. The zero-order valence-corrected chi connectivity index (χ0v) is 6.11. The molecule has 0 saturated heterocycles. The van der Waals surface area contributed by atoms with E-state index >= 15 is 0 Å². The maximum Gasteiger partial charge on any atom is 0.0658 e. The molecule has 0 aliphatic heterocycles. The molecule has 1 aromatic carbocycles. The van der Waals surface area contributed by atoms with Crippen LogP contribution in [0.5, 0.6) is 0 Å². The molecule has 0 aromatic heterocycles. The molecule has 0 atom stereocenters. The van der Waals surface area contributed by atoms with Gasteiger partial charge in [-0.3, -0.25) is 0 Å². The fraction of sp³-hybridized carbons (Fsp3) is 0.250. The lowest BCUT2D eigenvalue weighted by Crippen LogP contribution is -1.84. The second-order valence-corrected chi connectivity index (χ2v) is 2.39. The molecule has 0 aliphatic carbocycles.